The van der Waals surface area contributed by atoms with Crippen LogP contribution >= 0.6 is 35.6 Å². The highest BCUT2D eigenvalue weighted by Crippen LogP contribution is 2.40. The predicted octanol–water partition coefficient (Wildman–Crippen LogP) is 7.64. The fourth-order valence-corrected chi connectivity index (χ4v) is 5.21. The van der Waals surface area contributed by atoms with Gasteiger partial charge in [0, 0.05) is 22.3 Å². The van der Waals surface area contributed by atoms with E-state index in [1.54, 1.807) is 12.1 Å². The second-order valence-electron chi connectivity index (χ2n) is 8.06. The van der Waals surface area contributed by atoms with Crippen LogP contribution in [0.3, 0.4) is 0 Å². The van der Waals surface area contributed by atoms with Crippen molar-refractivity contribution in [3.05, 3.63) is 108 Å². The van der Waals surface area contributed by atoms with E-state index in [1.165, 1.54) is 26.0 Å². The minimum Gasteiger partial charge on any atom is -0.495 e. The first kappa shape index (κ1) is 27.3. The summed E-state index contributed by atoms with van der Waals surface area (Å²) in [5.74, 6) is 0.682. The topological polar surface area (TPSA) is 71.6 Å². The van der Waals surface area contributed by atoms with E-state index in [-0.39, 0.29) is 5.91 Å². The van der Waals surface area contributed by atoms with Gasteiger partial charge in [-0.05, 0) is 54.2 Å². The number of hydrogen-bond acceptors (Lipinski definition) is 5. The van der Waals surface area contributed by atoms with Gasteiger partial charge in [0.1, 0.15) is 16.7 Å². The van der Waals surface area contributed by atoms with Crippen molar-refractivity contribution in [2.45, 2.75) is 10.1 Å². The van der Waals surface area contributed by atoms with Crippen LogP contribution in [-0.2, 0) is 4.79 Å². The lowest BCUT2D eigenvalue weighted by molar-refractivity contribution is -0.115. The quantitative estimate of drug-likeness (QED) is 0.143. The van der Waals surface area contributed by atoms with Gasteiger partial charge in [0.2, 0.25) is 5.91 Å². The van der Waals surface area contributed by atoms with Crippen LogP contribution in [0.1, 0.15) is 10.8 Å². The Morgan fingerprint density at radius 3 is 2.11 bits per heavy atom. The third-order valence-electron chi connectivity index (χ3n) is 5.45. The van der Waals surface area contributed by atoms with Gasteiger partial charge in [-0.2, -0.15) is 0 Å². The maximum Gasteiger partial charge on any atom is 0.242 e. The number of benzene rings is 4. The monoisotopic (exact) mass is 563 g/mol. The largest absolute Gasteiger partial charge is 0.495 e. The van der Waals surface area contributed by atoms with Crippen molar-refractivity contribution in [2.75, 3.05) is 30.2 Å². The van der Waals surface area contributed by atoms with Crippen LogP contribution in [0.5, 0.6) is 11.5 Å². The molecule has 0 saturated heterocycles. The first-order chi connectivity index (χ1) is 18.5. The molecule has 0 fully saturated rings. The number of amides is 1. The number of thioether (sulfide) groups is 1. The number of ether oxygens (including phenoxy) is 2. The number of nitrogens with one attached hydrogen (secondary N) is 3. The molecule has 0 aliphatic carbocycles. The zero-order chi connectivity index (χ0) is 26.9. The van der Waals surface area contributed by atoms with Crippen molar-refractivity contribution < 1.29 is 14.3 Å². The Morgan fingerprint density at radius 2 is 1.42 bits per heavy atom. The van der Waals surface area contributed by atoms with E-state index in [2.05, 4.69) is 16.0 Å². The molecule has 1 atom stereocenters. The molecule has 0 aliphatic heterocycles. The van der Waals surface area contributed by atoms with Crippen LogP contribution in [0.15, 0.2) is 102 Å². The highest BCUT2D eigenvalue weighted by atomic mass is 35.5. The van der Waals surface area contributed by atoms with Gasteiger partial charge in [-0.25, -0.2) is 0 Å². The Bertz CT molecular complexity index is 1410. The lowest BCUT2D eigenvalue weighted by Gasteiger charge is -2.19. The van der Waals surface area contributed by atoms with Crippen molar-refractivity contribution in [3.8, 4) is 11.5 Å². The molecule has 38 heavy (non-hydrogen) atoms. The standard InChI is InChI=1S/C29H26ClN3O3S2/c1-35-25-18-26(36-2)24(17-23(25)30)33-28(34)27(19-10-5-3-6-11-19)38-22-15-9-14-21(16-22)32-29(37)31-20-12-7-4-8-13-20/h3-18,27H,1-2H3,(H,33,34)(H2,31,32,37). The van der Waals surface area contributed by atoms with Gasteiger partial charge >= 0.3 is 0 Å². The maximum absolute atomic E-state index is 13.6. The van der Waals surface area contributed by atoms with Gasteiger partial charge in [-0.1, -0.05) is 66.2 Å². The molecule has 0 bridgehead atoms. The summed E-state index contributed by atoms with van der Waals surface area (Å²) >= 11 is 13.2. The Balaban J connectivity index is 1.54. The van der Waals surface area contributed by atoms with Crippen LogP contribution in [0.4, 0.5) is 17.1 Å². The van der Waals surface area contributed by atoms with Gasteiger partial charge in [-0.15, -0.1) is 11.8 Å². The first-order valence-corrected chi connectivity index (χ1v) is 13.3. The summed E-state index contributed by atoms with van der Waals surface area (Å²) in [6, 6.07) is 30.3. The zero-order valence-electron chi connectivity index (χ0n) is 20.7. The summed E-state index contributed by atoms with van der Waals surface area (Å²) < 4.78 is 10.7. The van der Waals surface area contributed by atoms with Crippen molar-refractivity contribution >= 4 is 63.7 Å². The molecule has 3 N–H and O–H groups in total. The molecule has 0 spiro atoms. The van der Waals surface area contributed by atoms with Crippen LogP contribution in [0.2, 0.25) is 5.02 Å². The number of para-hydroxylation sites is 1. The fourth-order valence-electron chi connectivity index (χ4n) is 3.65. The zero-order valence-corrected chi connectivity index (χ0v) is 23.1. The average molecular weight is 564 g/mol. The van der Waals surface area contributed by atoms with Crippen LogP contribution in [-0.4, -0.2) is 25.2 Å². The number of methoxy groups -OCH3 is 2. The molecule has 4 aromatic rings. The highest BCUT2D eigenvalue weighted by Gasteiger charge is 2.24. The van der Waals surface area contributed by atoms with Crippen LogP contribution < -0.4 is 25.4 Å². The highest BCUT2D eigenvalue weighted by molar-refractivity contribution is 8.00. The fraction of sp³-hybridized carbons (Fsp3) is 0.103. The van der Waals surface area contributed by atoms with E-state index >= 15 is 0 Å². The first-order valence-electron chi connectivity index (χ1n) is 11.6. The van der Waals surface area contributed by atoms with E-state index in [1.807, 2.05) is 84.9 Å². The van der Waals surface area contributed by atoms with Gasteiger partial charge in [0.15, 0.2) is 5.11 Å². The molecule has 194 valence electrons. The van der Waals surface area contributed by atoms with Gasteiger partial charge < -0.3 is 25.4 Å². The van der Waals surface area contributed by atoms with E-state index in [0.29, 0.717) is 27.3 Å². The van der Waals surface area contributed by atoms with E-state index in [4.69, 9.17) is 33.3 Å². The second-order valence-corrected chi connectivity index (χ2v) is 10.1. The molecule has 6 nitrogen and oxygen atoms in total. The smallest absolute Gasteiger partial charge is 0.242 e. The molecule has 4 rings (SSSR count). The Kier molecular flexibility index (Phi) is 9.48. The lowest BCUT2D eigenvalue weighted by atomic mass is 10.1. The molecule has 1 amide bonds. The molecule has 0 saturated carbocycles. The van der Waals surface area contributed by atoms with Crippen LogP contribution in [0, 0.1) is 0 Å². The summed E-state index contributed by atoms with van der Waals surface area (Å²) in [4.78, 5) is 14.5. The summed E-state index contributed by atoms with van der Waals surface area (Å²) in [6.45, 7) is 0. The molecule has 4 aromatic carbocycles. The number of carbonyl (C=O) groups excluding carboxylic acids is 1. The molecular formula is C29H26ClN3O3S2. The van der Waals surface area contributed by atoms with Crippen molar-refractivity contribution in [3.63, 3.8) is 0 Å². The van der Waals surface area contributed by atoms with E-state index in [0.717, 1.165) is 21.8 Å². The van der Waals surface area contributed by atoms with E-state index in [9.17, 15) is 4.79 Å². The molecule has 1 unspecified atom stereocenters. The number of rotatable bonds is 9. The minimum atomic E-state index is -0.550. The number of thiocarbonyl (C=S) groups is 1. The Morgan fingerprint density at radius 1 is 0.789 bits per heavy atom. The maximum atomic E-state index is 13.6. The summed E-state index contributed by atoms with van der Waals surface area (Å²) in [6.07, 6.45) is 0. The summed E-state index contributed by atoms with van der Waals surface area (Å²) in [7, 11) is 3.05. The van der Waals surface area contributed by atoms with Gasteiger partial charge in [-0.3, -0.25) is 4.79 Å². The Labute approximate surface area is 236 Å². The van der Waals surface area contributed by atoms with Crippen molar-refractivity contribution in [1.29, 1.82) is 0 Å². The molecule has 0 radical (unpaired) electrons. The number of carbonyl (C=O) groups is 1. The summed E-state index contributed by atoms with van der Waals surface area (Å²) in [5, 5.41) is 9.64. The molecular weight excluding hydrogens is 538 g/mol. The molecule has 0 heterocycles. The number of halogens is 1. The van der Waals surface area contributed by atoms with Crippen LogP contribution in [0.25, 0.3) is 0 Å². The predicted molar refractivity (Wildman–Crippen MR) is 161 cm³/mol. The minimum absolute atomic E-state index is 0.222. The summed E-state index contributed by atoms with van der Waals surface area (Å²) in [5.41, 5.74) is 3.01. The Hall–Kier alpha value is -3.72. The van der Waals surface area contributed by atoms with Crippen molar-refractivity contribution in [1.82, 2.24) is 0 Å². The molecule has 9 heteroatoms. The number of hydrogen-bond donors (Lipinski definition) is 3. The molecule has 0 aliphatic rings. The average Bonchev–Trinajstić information content (AvgIpc) is 2.93. The number of anilines is 3. The molecule has 0 aromatic heterocycles. The third-order valence-corrected chi connectivity index (χ3v) is 7.20. The van der Waals surface area contributed by atoms with Crippen molar-refractivity contribution in [2.24, 2.45) is 0 Å². The van der Waals surface area contributed by atoms with E-state index < -0.39 is 5.25 Å². The lowest BCUT2D eigenvalue weighted by Crippen LogP contribution is -2.20. The normalized spacial score (nSPS) is 11.2. The van der Waals surface area contributed by atoms with Gasteiger partial charge in [0.05, 0.1) is 24.9 Å². The SMILES string of the molecule is COc1cc(OC)c(NC(=O)C(Sc2cccc(NC(=S)Nc3ccccc3)c2)c2ccccc2)cc1Cl. The third kappa shape index (κ3) is 7.19. The second kappa shape index (κ2) is 13.2. The van der Waals surface area contributed by atoms with Gasteiger partial charge in [0.25, 0.3) is 0 Å².